The van der Waals surface area contributed by atoms with Crippen molar-refractivity contribution in [2.45, 2.75) is 32.7 Å². The van der Waals surface area contributed by atoms with Crippen molar-refractivity contribution in [2.75, 3.05) is 29.0 Å². The van der Waals surface area contributed by atoms with Gasteiger partial charge in [-0.1, -0.05) is 6.92 Å². The average Bonchev–Trinajstić information content (AvgIpc) is 3.16. The highest BCUT2D eigenvalue weighted by Crippen LogP contribution is 2.18. The number of aromatic nitrogens is 4. The van der Waals surface area contributed by atoms with Gasteiger partial charge in [0.1, 0.15) is 5.01 Å². The zero-order valence-electron chi connectivity index (χ0n) is 12.0. The summed E-state index contributed by atoms with van der Waals surface area (Å²) in [6.45, 7) is 4.69. The molecule has 1 aliphatic rings. The molecule has 7 nitrogen and oxygen atoms in total. The van der Waals surface area contributed by atoms with Crippen LogP contribution >= 0.6 is 11.3 Å². The standard InChI is InChI=1S/C13H19N7S/c1-2-9-7-15-10(21-9)8-16-12-17-11(14)18-13(19-12)20-5-3-4-6-20/h7H,2-6,8H2,1H3,(H3,14,16,17,18,19). The molecular weight excluding hydrogens is 286 g/mol. The lowest BCUT2D eigenvalue weighted by Gasteiger charge is -2.15. The van der Waals surface area contributed by atoms with E-state index >= 15 is 0 Å². The van der Waals surface area contributed by atoms with E-state index in [9.17, 15) is 0 Å². The average molecular weight is 305 g/mol. The van der Waals surface area contributed by atoms with E-state index in [1.54, 1.807) is 11.3 Å². The third kappa shape index (κ3) is 3.38. The number of hydrogen-bond acceptors (Lipinski definition) is 8. The molecular formula is C13H19N7S. The maximum Gasteiger partial charge on any atom is 0.231 e. The predicted octanol–water partition coefficient (Wildman–Crippen LogP) is 1.68. The number of aryl methyl sites for hydroxylation is 1. The summed E-state index contributed by atoms with van der Waals surface area (Å²) in [6.07, 6.45) is 5.27. The van der Waals surface area contributed by atoms with Gasteiger partial charge in [-0.3, -0.25) is 0 Å². The number of anilines is 3. The molecule has 0 spiro atoms. The zero-order valence-corrected chi connectivity index (χ0v) is 12.9. The van der Waals surface area contributed by atoms with Crippen molar-refractivity contribution >= 4 is 29.2 Å². The highest BCUT2D eigenvalue weighted by molar-refractivity contribution is 7.11. The van der Waals surface area contributed by atoms with Crippen molar-refractivity contribution in [1.29, 1.82) is 0 Å². The van der Waals surface area contributed by atoms with Crippen LogP contribution in [0.25, 0.3) is 0 Å². The minimum absolute atomic E-state index is 0.253. The lowest BCUT2D eigenvalue weighted by molar-refractivity contribution is 0.880. The van der Waals surface area contributed by atoms with Crippen molar-refractivity contribution in [3.63, 3.8) is 0 Å². The van der Waals surface area contributed by atoms with Gasteiger partial charge >= 0.3 is 0 Å². The van der Waals surface area contributed by atoms with E-state index in [0.717, 1.165) is 24.5 Å². The minimum Gasteiger partial charge on any atom is -0.368 e. The van der Waals surface area contributed by atoms with Gasteiger partial charge in [0.15, 0.2) is 0 Å². The fourth-order valence-corrected chi connectivity index (χ4v) is 3.07. The van der Waals surface area contributed by atoms with Crippen LogP contribution in [0.4, 0.5) is 17.8 Å². The van der Waals surface area contributed by atoms with Crippen LogP contribution < -0.4 is 16.0 Å². The molecule has 2 aromatic heterocycles. The van der Waals surface area contributed by atoms with Crippen molar-refractivity contribution in [1.82, 2.24) is 19.9 Å². The number of rotatable bonds is 5. The fraction of sp³-hybridized carbons (Fsp3) is 0.538. The van der Waals surface area contributed by atoms with Gasteiger partial charge < -0.3 is 16.0 Å². The molecule has 2 aromatic rings. The number of hydrogen-bond donors (Lipinski definition) is 2. The van der Waals surface area contributed by atoms with Gasteiger partial charge in [0.2, 0.25) is 17.8 Å². The Hall–Kier alpha value is -1.96. The number of nitrogens with one attached hydrogen (secondary N) is 1. The van der Waals surface area contributed by atoms with Crippen LogP contribution in [0.1, 0.15) is 29.7 Å². The number of nitrogen functional groups attached to an aromatic ring is 1. The quantitative estimate of drug-likeness (QED) is 0.868. The fourth-order valence-electron chi connectivity index (χ4n) is 2.27. The second-order valence-corrected chi connectivity index (χ2v) is 6.14. The van der Waals surface area contributed by atoms with E-state index in [2.05, 4.69) is 37.1 Å². The Kier molecular flexibility index (Phi) is 4.14. The summed E-state index contributed by atoms with van der Waals surface area (Å²) < 4.78 is 0. The first kappa shape index (κ1) is 14.0. The van der Waals surface area contributed by atoms with Crippen molar-refractivity contribution < 1.29 is 0 Å². The maximum atomic E-state index is 5.78. The molecule has 112 valence electrons. The van der Waals surface area contributed by atoms with Gasteiger partial charge in [-0.25, -0.2) is 4.98 Å². The summed E-state index contributed by atoms with van der Waals surface area (Å²) in [7, 11) is 0. The summed E-state index contributed by atoms with van der Waals surface area (Å²) in [5, 5.41) is 4.20. The Balaban J connectivity index is 1.69. The van der Waals surface area contributed by atoms with Gasteiger partial charge in [0, 0.05) is 24.2 Å². The van der Waals surface area contributed by atoms with Crippen LogP contribution in [0.15, 0.2) is 6.20 Å². The molecule has 1 aliphatic heterocycles. The van der Waals surface area contributed by atoms with Gasteiger partial charge in [-0.2, -0.15) is 15.0 Å². The largest absolute Gasteiger partial charge is 0.368 e. The minimum atomic E-state index is 0.253. The summed E-state index contributed by atoms with van der Waals surface area (Å²) in [6, 6.07) is 0. The monoisotopic (exact) mass is 305 g/mol. The predicted molar refractivity (Wildman–Crippen MR) is 84.5 cm³/mol. The summed E-state index contributed by atoms with van der Waals surface area (Å²) in [4.78, 5) is 20.6. The van der Waals surface area contributed by atoms with Gasteiger partial charge in [0.25, 0.3) is 0 Å². The number of thiazole rings is 1. The first-order valence-electron chi connectivity index (χ1n) is 7.18. The second-order valence-electron chi connectivity index (χ2n) is 4.94. The van der Waals surface area contributed by atoms with E-state index in [1.807, 2.05) is 6.20 Å². The molecule has 3 heterocycles. The van der Waals surface area contributed by atoms with Crippen LogP contribution in [0.3, 0.4) is 0 Å². The lowest BCUT2D eigenvalue weighted by atomic mass is 10.4. The van der Waals surface area contributed by atoms with Gasteiger partial charge in [0.05, 0.1) is 6.54 Å². The first-order chi connectivity index (χ1) is 10.2. The Labute approximate surface area is 127 Å². The highest BCUT2D eigenvalue weighted by Gasteiger charge is 2.16. The molecule has 0 amide bonds. The number of nitrogens with two attached hydrogens (primary N) is 1. The molecule has 0 aliphatic carbocycles. The molecule has 0 radical (unpaired) electrons. The molecule has 1 fully saturated rings. The molecule has 1 saturated heterocycles. The van der Waals surface area contributed by atoms with E-state index in [1.165, 1.54) is 17.7 Å². The maximum absolute atomic E-state index is 5.78. The smallest absolute Gasteiger partial charge is 0.231 e. The normalized spacial score (nSPS) is 14.6. The van der Waals surface area contributed by atoms with E-state index in [-0.39, 0.29) is 5.95 Å². The lowest BCUT2D eigenvalue weighted by Crippen LogP contribution is -2.22. The molecule has 0 aromatic carbocycles. The zero-order chi connectivity index (χ0) is 14.7. The van der Waals surface area contributed by atoms with E-state index in [4.69, 9.17) is 5.73 Å². The van der Waals surface area contributed by atoms with Crippen LogP contribution in [-0.2, 0) is 13.0 Å². The Morgan fingerprint density at radius 1 is 1.29 bits per heavy atom. The number of nitrogens with zero attached hydrogens (tertiary/aromatic N) is 5. The highest BCUT2D eigenvalue weighted by atomic mass is 32.1. The van der Waals surface area contributed by atoms with Crippen LogP contribution in [-0.4, -0.2) is 33.0 Å². The topological polar surface area (TPSA) is 92.8 Å². The van der Waals surface area contributed by atoms with Crippen LogP contribution in [0.2, 0.25) is 0 Å². The summed E-state index contributed by atoms with van der Waals surface area (Å²) >= 11 is 1.70. The third-order valence-corrected chi connectivity index (χ3v) is 4.52. The second kappa shape index (κ2) is 6.21. The molecule has 0 saturated carbocycles. The van der Waals surface area contributed by atoms with E-state index < -0.39 is 0 Å². The molecule has 8 heteroatoms. The Bertz CT molecular complexity index is 606. The summed E-state index contributed by atoms with van der Waals surface area (Å²) in [5.74, 6) is 1.43. The molecule has 0 unspecified atom stereocenters. The molecule has 3 rings (SSSR count). The van der Waals surface area contributed by atoms with Gasteiger partial charge in [-0.05, 0) is 19.3 Å². The Morgan fingerprint density at radius 2 is 2.10 bits per heavy atom. The van der Waals surface area contributed by atoms with Crippen LogP contribution in [0.5, 0.6) is 0 Å². The molecule has 0 atom stereocenters. The van der Waals surface area contributed by atoms with Gasteiger partial charge in [-0.15, -0.1) is 11.3 Å². The molecule has 21 heavy (non-hydrogen) atoms. The van der Waals surface area contributed by atoms with Crippen LogP contribution in [0, 0.1) is 0 Å². The third-order valence-electron chi connectivity index (χ3n) is 3.38. The van der Waals surface area contributed by atoms with Crippen molar-refractivity contribution in [2.24, 2.45) is 0 Å². The Morgan fingerprint density at radius 3 is 2.81 bits per heavy atom. The SMILES string of the molecule is CCc1cnc(CNc2nc(N)nc(N3CCCC3)n2)s1. The summed E-state index contributed by atoms with van der Waals surface area (Å²) in [5.41, 5.74) is 5.78. The molecule has 3 N–H and O–H groups in total. The van der Waals surface area contributed by atoms with Crippen molar-refractivity contribution in [3.8, 4) is 0 Å². The molecule has 0 bridgehead atoms. The van der Waals surface area contributed by atoms with Crippen molar-refractivity contribution in [3.05, 3.63) is 16.1 Å². The first-order valence-corrected chi connectivity index (χ1v) is 8.00. The van der Waals surface area contributed by atoms with E-state index in [0.29, 0.717) is 18.4 Å².